The SMILES string of the molecule is CN(CCCNC(=O)c1cnn(-c2ccc(F)c(Cl)c2)c1-c1ccc(-c2ccccc2)cc1)c1ccccc1.CN(CCCNC(=O)c1cnn(-c2cccc(Br)c2)c1-c1ccc(-c2ccccc2)cc1)c1ccccc1.CN(CCCNC(=O)c1cnn(-c2cccc(Cl)c2)c1-c1ccc(-c2ccccc2)cc1)c1ccccc1. The largest absolute Gasteiger partial charge is 0.375 e. The summed E-state index contributed by atoms with van der Waals surface area (Å²) in [6.07, 6.45) is 7.27. The fourth-order valence-electron chi connectivity index (χ4n) is 13.4. The Hall–Kier alpha value is -12.9. The van der Waals surface area contributed by atoms with E-state index >= 15 is 0 Å². The molecule has 0 saturated heterocycles. The molecule has 3 amide bonds. The fourth-order valence-corrected chi connectivity index (χ4v) is 14.2. The fraction of sp³-hybridized carbons (Fsp3) is 0.125. The monoisotopic (exact) mass is 1620 g/mol. The minimum absolute atomic E-state index is 0.0121. The van der Waals surface area contributed by atoms with E-state index in [0.29, 0.717) is 52.7 Å². The molecule has 12 aromatic carbocycles. The van der Waals surface area contributed by atoms with E-state index in [1.807, 2.05) is 218 Å². The molecule has 0 saturated carbocycles. The van der Waals surface area contributed by atoms with Crippen molar-refractivity contribution in [1.29, 1.82) is 0 Å². The number of carbonyl (C=O) groups is 3. The lowest BCUT2D eigenvalue weighted by Crippen LogP contribution is -2.28. The minimum Gasteiger partial charge on any atom is -0.375 e. The van der Waals surface area contributed by atoms with Gasteiger partial charge in [-0.1, -0.05) is 270 Å². The van der Waals surface area contributed by atoms with Crippen LogP contribution in [-0.2, 0) is 0 Å². The Bertz CT molecular complexity index is 5430. The van der Waals surface area contributed by atoms with Crippen LogP contribution in [0.3, 0.4) is 0 Å². The molecule has 0 aliphatic rings. The van der Waals surface area contributed by atoms with E-state index in [1.54, 1.807) is 34.0 Å². The van der Waals surface area contributed by atoms with Crippen molar-refractivity contribution in [1.82, 2.24) is 45.3 Å². The lowest BCUT2D eigenvalue weighted by molar-refractivity contribution is 0.0946. The molecule has 115 heavy (non-hydrogen) atoms. The smallest absolute Gasteiger partial charge is 0.255 e. The van der Waals surface area contributed by atoms with Crippen LogP contribution in [0.25, 0.3) is 84.2 Å². The quantitative estimate of drug-likeness (QED) is 0.0428. The standard InChI is InChI=1S/C32H29BrN4O.C32H28ClFN4O.C32H29ClN4O/c1-36(28-13-6-3-7-14-28)21-9-20-34-32(38)30-23-35-37(29-15-8-12-27(33)22-29)31(30)26-18-16-25(17-19-26)24-10-4-2-5-11-24;1-37(26-11-6-3-7-12-26)20-8-19-35-32(39)28-22-36-38(27-17-18-30(34)29(33)21-27)31(28)25-15-13-24(14-16-25)23-9-4-2-5-10-23;1-36(28-13-6-3-7-14-28)21-9-20-34-32(38)30-23-35-37(29-15-8-12-27(33)22-29)31(30)26-18-16-25(17-19-26)24-10-4-2-5-11-24/h2-8,10-19,22-23H,9,20-21H2,1H3,(H,34,38);2-7,9-18,21-22H,8,19-20H2,1H3,(H,35,39);2-8,10-19,22-23H,9,20-21H2,1H3,(H,34,38). The van der Waals surface area contributed by atoms with Gasteiger partial charge in [0.1, 0.15) is 5.82 Å². The number of hydrogen-bond acceptors (Lipinski definition) is 9. The van der Waals surface area contributed by atoms with Gasteiger partial charge in [-0.25, -0.2) is 18.4 Å². The highest BCUT2D eigenvalue weighted by Gasteiger charge is 2.25. The molecule has 15 nitrogen and oxygen atoms in total. The predicted molar refractivity (Wildman–Crippen MR) is 471 cm³/mol. The summed E-state index contributed by atoms with van der Waals surface area (Å²) in [5.74, 6) is -1.02. The van der Waals surface area contributed by atoms with Crippen LogP contribution in [0.1, 0.15) is 50.3 Å². The molecule has 0 aliphatic heterocycles. The van der Waals surface area contributed by atoms with Crippen LogP contribution in [0.5, 0.6) is 0 Å². The summed E-state index contributed by atoms with van der Waals surface area (Å²) in [7, 11) is 6.16. The molecule has 15 rings (SSSR count). The summed E-state index contributed by atoms with van der Waals surface area (Å²) in [5.41, 5.74) is 18.6. The predicted octanol–water partition coefficient (Wildman–Crippen LogP) is 21.6. The zero-order valence-electron chi connectivity index (χ0n) is 64.0. The van der Waals surface area contributed by atoms with Gasteiger partial charge in [-0.15, -0.1) is 0 Å². The molecular formula is C96H86BrCl2FN12O3. The molecule has 0 atom stereocenters. The number of hydrogen-bond donors (Lipinski definition) is 3. The van der Waals surface area contributed by atoms with Gasteiger partial charge in [0.2, 0.25) is 0 Å². The Morgan fingerprint density at radius 3 is 0.939 bits per heavy atom. The normalized spacial score (nSPS) is 10.8. The summed E-state index contributed by atoms with van der Waals surface area (Å²) in [5, 5.41) is 23.5. The van der Waals surface area contributed by atoms with Crippen LogP contribution in [-0.4, -0.2) is 107 Å². The second kappa shape index (κ2) is 39.5. The van der Waals surface area contributed by atoms with E-state index < -0.39 is 5.82 Å². The molecule has 3 heterocycles. The van der Waals surface area contributed by atoms with E-state index in [-0.39, 0.29) is 22.7 Å². The summed E-state index contributed by atoms with van der Waals surface area (Å²) in [6.45, 7) is 4.12. The zero-order chi connectivity index (χ0) is 79.8. The summed E-state index contributed by atoms with van der Waals surface area (Å²) < 4.78 is 20.1. The highest BCUT2D eigenvalue weighted by molar-refractivity contribution is 9.10. The molecule has 0 bridgehead atoms. The maximum atomic E-state index is 13.9. The number of halogens is 4. The number of carbonyl (C=O) groups excluding carboxylic acids is 3. The topological polar surface area (TPSA) is 150 Å². The molecule has 0 spiro atoms. The minimum atomic E-state index is -0.514. The van der Waals surface area contributed by atoms with Gasteiger partial charge in [-0.3, -0.25) is 14.4 Å². The van der Waals surface area contributed by atoms with Crippen molar-refractivity contribution in [2.45, 2.75) is 19.3 Å². The lowest BCUT2D eigenvalue weighted by atomic mass is 10.0. The van der Waals surface area contributed by atoms with Crippen molar-refractivity contribution < 1.29 is 18.8 Å². The number of nitrogens with one attached hydrogen (secondary N) is 3. The molecule has 3 aromatic heterocycles. The van der Waals surface area contributed by atoms with Crippen LogP contribution in [0.15, 0.2) is 345 Å². The van der Waals surface area contributed by atoms with Gasteiger partial charge in [0.25, 0.3) is 17.7 Å². The van der Waals surface area contributed by atoms with Gasteiger partial charge in [0, 0.05) is 104 Å². The van der Waals surface area contributed by atoms with Gasteiger partial charge in [0.05, 0.1) is 74.4 Å². The molecule has 19 heteroatoms. The number of benzene rings is 12. The van der Waals surface area contributed by atoms with Gasteiger partial charge in [0.15, 0.2) is 0 Å². The number of para-hydroxylation sites is 3. The molecule has 0 unspecified atom stereocenters. The average Bonchev–Trinajstić information content (AvgIpc) is 1.66. The molecule has 15 aromatic rings. The maximum Gasteiger partial charge on any atom is 0.255 e. The molecule has 0 radical (unpaired) electrons. The molecular weight excluding hydrogens is 1540 g/mol. The maximum absolute atomic E-state index is 13.9. The average molecular weight is 1630 g/mol. The van der Waals surface area contributed by atoms with E-state index in [2.05, 4.69) is 173 Å². The summed E-state index contributed by atoms with van der Waals surface area (Å²) >= 11 is 15.9. The Balaban J connectivity index is 0.000000150. The van der Waals surface area contributed by atoms with Crippen LogP contribution in [0, 0.1) is 5.82 Å². The van der Waals surface area contributed by atoms with E-state index in [0.717, 1.165) is 133 Å². The molecule has 0 aliphatic carbocycles. The van der Waals surface area contributed by atoms with Gasteiger partial charge < -0.3 is 30.7 Å². The van der Waals surface area contributed by atoms with Crippen molar-refractivity contribution in [2.75, 3.05) is 75.1 Å². The third-order valence-corrected chi connectivity index (χ3v) is 20.6. The first-order chi connectivity index (χ1) is 56.2. The second-order valence-electron chi connectivity index (χ2n) is 27.4. The van der Waals surface area contributed by atoms with Crippen molar-refractivity contribution in [2.24, 2.45) is 0 Å². The third-order valence-electron chi connectivity index (χ3n) is 19.5. The zero-order valence-corrected chi connectivity index (χ0v) is 67.1. The van der Waals surface area contributed by atoms with Crippen molar-refractivity contribution in [3.05, 3.63) is 377 Å². The van der Waals surface area contributed by atoms with Crippen LogP contribution < -0.4 is 30.7 Å². The lowest BCUT2D eigenvalue weighted by Gasteiger charge is -2.19. The van der Waals surface area contributed by atoms with E-state index in [4.69, 9.17) is 23.2 Å². The highest BCUT2D eigenvalue weighted by Crippen LogP contribution is 2.35. The molecule has 576 valence electrons. The van der Waals surface area contributed by atoms with Crippen molar-refractivity contribution >= 4 is 73.9 Å². The van der Waals surface area contributed by atoms with E-state index in [9.17, 15) is 18.8 Å². The van der Waals surface area contributed by atoms with Gasteiger partial charge >= 0.3 is 0 Å². The van der Waals surface area contributed by atoms with Crippen molar-refractivity contribution in [3.8, 4) is 84.2 Å². The van der Waals surface area contributed by atoms with Crippen molar-refractivity contribution in [3.63, 3.8) is 0 Å². The first kappa shape index (κ1) is 80.1. The van der Waals surface area contributed by atoms with Crippen LogP contribution >= 0.6 is 39.1 Å². The molecule has 0 fully saturated rings. The Morgan fingerprint density at radius 1 is 0.339 bits per heavy atom. The Labute approximate surface area is 689 Å². The molecule has 3 N–H and O–H groups in total. The summed E-state index contributed by atoms with van der Waals surface area (Å²) in [6, 6.07) is 105. The van der Waals surface area contributed by atoms with Crippen LogP contribution in [0.2, 0.25) is 10.0 Å². The second-order valence-corrected chi connectivity index (χ2v) is 29.2. The highest BCUT2D eigenvalue weighted by atomic mass is 79.9. The van der Waals surface area contributed by atoms with Gasteiger partial charge in [-0.2, -0.15) is 15.3 Å². The number of amides is 3. The third kappa shape index (κ3) is 20.9. The summed E-state index contributed by atoms with van der Waals surface area (Å²) in [4.78, 5) is 46.6. The Kier molecular flexibility index (Phi) is 27.5. The van der Waals surface area contributed by atoms with E-state index in [1.165, 1.54) is 12.1 Å². The van der Waals surface area contributed by atoms with Crippen LogP contribution in [0.4, 0.5) is 21.5 Å². The first-order valence-corrected chi connectivity index (χ1v) is 39.6. The Morgan fingerprint density at radius 2 is 0.626 bits per heavy atom. The number of nitrogens with zero attached hydrogens (tertiary/aromatic N) is 9. The number of rotatable bonds is 27. The number of anilines is 3. The first-order valence-electron chi connectivity index (χ1n) is 38.0. The van der Waals surface area contributed by atoms with Gasteiger partial charge in [-0.05, 0) is 144 Å². The number of aromatic nitrogens is 6.